The Kier molecular flexibility index (Phi) is 2.53. The van der Waals surface area contributed by atoms with Crippen LogP contribution < -0.4 is 0 Å². The number of hydrogen-bond donors (Lipinski definition) is 0. The Morgan fingerprint density at radius 2 is 1.17 bits per heavy atom. The molecule has 0 saturated heterocycles. The van der Waals surface area contributed by atoms with Crippen molar-refractivity contribution in [3.8, 4) is 0 Å². The first kappa shape index (κ1) is 8.34. The van der Waals surface area contributed by atoms with Gasteiger partial charge >= 0.3 is 0 Å². The molecule has 0 aliphatic heterocycles. The molecule has 0 aromatic rings. The fourth-order valence-corrected chi connectivity index (χ4v) is 2.81. The SMILES string of the molecule is C1=CCC2(C1)CCCCCCC2. The average molecular weight is 164 g/mol. The second-order valence-corrected chi connectivity index (χ2v) is 4.65. The molecule has 12 heavy (non-hydrogen) atoms. The third-order valence-electron chi connectivity index (χ3n) is 3.68. The van der Waals surface area contributed by atoms with E-state index in [0.29, 0.717) is 0 Å². The van der Waals surface area contributed by atoms with Gasteiger partial charge in [0, 0.05) is 0 Å². The fraction of sp³-hybridized carbons (Fsp3) is 0.833. The van der Waals surface area contributed by atoms with Gasteiger partial charge in [-0.1, -0.05) is 44.3 Å². The van der Waals surface area contributed by atoms with E-state index >= 15 is 0 Å². The Morgan fingerprint density at radius 3 is 1.75 bits per heavy atom. The highest BCUT2D eigenvalue weighted by molar-refractivity contribution is 5.02. The molecule has 0 N–H and O–H groups in total. The van der Waals surface area contributed by atoms with Gasteiger partial charge in [-0.05, 0) is 31.1 Å². The van der Waals surface area contributed by atoms with Gasteiger partial charge in [0.05, 0.1) is 0 Å². The lowest BCUT2D eigenvalue weighted by Gasteiger charge is -2.30. The van der Waals surface area contributed by atoms with Crippen molar-refractivity contribution in [3.05, 3.63) is 12.2 Å². The molecule has 2 rings (SSSR count). The van der Waals surface area contributed by atoms with Crippen molar-refractivity contribution in [3.63, 3.8) is 0 Å². The molecule has 0 aromatic carbocycles. The van der Waals surface area contributed by atoms with Gasteiger partial charge < -0.3 is 0 Å². The molecule has 0 unspecified atom stereocenters. The molecule has 2 aliphatic rings. The summed E-state index contributed by atoms with van der Waals surface area (Å²) in [5.74, 6) is 0. The van der Waals surface area contributed by atoms with Crippen LogP contribution in [0.4, 0.5) is 0 Å². The molecule has 68 valence electrons. The summed E-state index contributed by atoms with van der Waals surface area (Å²) in [6, 6.07) is 0. The van der Waals surface area contributed by atoms with E-state index in [0.717, 1.165) is 5.41 Å². The second-order valence-electron chi connectivity index (χ2n) is 4.65. The molecule has 0 amide bonds. The summed E-state index contributed by atoms with van der Waals surface area (Å²) in [4.78, 5) is 0. The molecular formula is C12H20. The first-order chi connectivity index (χ1) is 5.91. The Bertz CT molecular complexity index is 149. The largest absolute Gasteiger partial charge is 0.0880 e. The summed E-state index contributed by atoms with van der Waals surface area (Å²) in [6.45, 7) is 0. The zero-order chi connectivity index (χ0) is 8.28. The van der Waals surface area contributed by atoms with Crippen molar-refractivity contribution in [2.24, 2.45) is 5.41 Å². The van der Waals surface area contributed by atoms with E-state index in [1.165, 1.54) is 57.8 Å². The summed E-state index contributed by atoms with van der Waals surface area (Å²) in [6.07, 6.45) is 18.0. The Labute approximate surface area is 76.1 Å². The lowest BCUT2D eigenvalue weighted by molar-refractivity contribution is 0.227. The summed E-state index contributed by atoms with van der Waals surface area (Å²) in [5, 5.41) is 0. The topological polar surface area (TPSA) is 0 Å². The van der Waals surface area contributed by atoms with Gasteiger partial charge in [-0.15, -0.1) is 0 Å². The van der Waals surface area contributed by atoms with Crippen LogP contribution in [0.2, 0.25) is 0 Å². The maximum atomic E-state index is 2.40. The van der Waals surface area contributed by atoms with Gasteiger partial charge in [0.2, 0.25) is 0 Å². The average Bonchev–Trinajstić information content (AvgIpc) is 2.47. The number of allylic oxidation sites excluding steroid dienone is 2. The minimum atomic E-state index is 0.737. The first-order valence-electron chi connectivity index (χ1n) is 5.56. The van der Waals surface area contributed by atoms with Crippen LogP contribution in [0.5, 0.6) is 0 Å². The van der Waals surface area contributed by atoms with Crippen LogP contribution in [0.25, 0.3) is 0 Å². The zero-order valence-corrected chi connectivity index (χ0v) is 8.02. The predicted molar refractivity (Wildman–Crippen MR) is 53.1 cm³/mol. The van der Waals surface area contributed by atoms with Crippen molar-refractivity contribution < 1.29 is 0 Å². The van der Waals surface area contributed by atoms with Crippen molar-refractivity contribution in [2.45, 2.75) is 57.8 Å². The third kappa shape index (κ3) is 1.73. The minimum Gasteiger partial charge on any atom is -0.0880 e. The molecule has 0 nitrogen and oxygen atoms in total. The van der Waals surface area contributed by atoms with E-state index in [1.807, 2.05) is 0 Å². The van der Waals surface area contributed by atoms with Crippen molar-refractivity contribution in [1.29, 1.82) is 0 Å². The normalized spacial score (nSPS) is 28.7. The summed E-state index contributed by atoms with van der Waals surface area (Å²) >= 11 is 0. The van der Waals surface area contributed by atoms with E-state index in [-0.39, 0.29) is 0 Å². The summed E-state index contributed by atoms with van der Waals surface area (Å²) in [7, 11) is 0. The molecule has 1 fully saturated rings. The molecule has 1 spiro atoms. The van der Waals surface area contributed by atoms with E-state index in [2.05, 4.69) is 12.2 Å². The molecular weight excluding hydrogens is 144 g/mol. The molecule has 0 aromatic heterocycles. The molecule has 0 heteroatoms. The standard InChI is InChI=1S/C12H20/c1-2-4-8-12(9-5-3-1)10-6-7-11-12/h6-7H,1-5,8-11H2. The lowest BCUT2D eigenvalue weighted by atomic mass is 9.74. The highest BCUT2D eigenvalue weighted by Crippen LogP contribution is 2.44. The van der Waals surface area contributed by atoms with Gasteiger partial charge in [-0.25, -0.2) is 0 Å². The highest BCUT2D eigenvalue weighted by Gasteiger charge is 2.30. The zero-order valence-electron chi connectivity index (χ0n) is 8.02. The smallest absolute Gasteiger partial charge is 0.0228 e. The highest BCUT2D eigenvalue weighted by atomic mass is 14.3. The van der Waals surface area contributed by atoms with Crippen LogP contribution in [0.15, 0.2) is 12.2 Å². The van der Waals surface area contributed by atoms with Gasteiger partial charge in [-0.3, -0.25) is 0 Å². The van der Waals surface area contributed by atoms with Crippen LogP contribution in [0.1, 0.15) is 57.8 Å². The van der Waals surface area contributed by atoms with Gasteiger partial charge in [-0.2, -0.15) is 0 Å². The minimum absolute atomic E-state index is 0.737. The van der Waals surface area contributed by atoms with Crippen LogP contribution in [-0.2, 0) is 0 Å². The molecule has 0 atom stereocenters. The van der Waals surface area contributed by atoms with E-state index in [4.69, 9.17) is 0 Å². The number of rotatable bonds is 0. The lowest BCUT2D eigenvalue weighted by Crippen LogP contribution is -2.17. The molecule has 2 aliphatic carbocycles. The van der Waals surface area contributed by atoms with E-state index < -0.39 is 0 Å². The van der Waals surface area contributed by atoms with Crippen molar-refractivity contribution in [2.75, 3.05) is 0 Å². The van der Waals surface area contributed by atoms with E-state index in [9.17, 15) is 0 Å². The molecule has 1 saturated carbocycles. The van der Waals surface area contributed by atoms with Crippen LogP contribution in [0.3, 0.4) is 0 Å². The Hall–Kier alpha value is -0.260. The Morgan fingerprint density at radius 1 is 0.667 bits per heavy atom. The molecule has 0 radical (unpaired) electrons. The predicted octanol–water partition coefficient (Wildman–Crippen LogP) is 4.07. The van der Waals surface area contributed by atoms with Gasteiger partial charge in [0.25, 0.3) is 0 Å². The number of hydrogen-bond acceptors (Lipinski definition) is 0. The van der Waals surface area contributed by atoms with Crippen molar-refractivity contribution >= 4 is 0 Å². The first-order valence-corrected chi connectivity index (χ1v) is 5.56. The van der Waals surface area contributed by atoms with Gasteiger partial charge in [0.15, 0.2) is 0 Å². The van der Waals surface area contributed by atoms with Crippen LogP contribution in [-0.4, -0.2) is 0 Å². The monoisotopic (exact) mass is 164 g/mol. The molecule has 0 heterocycles. The maximum Gasteiger partial charge on any atom is -0.0228 e. The maximum absolute atomic E-state index is 2.40. The quantitative estimate of drug-likeness (QED) is 0.473. The summed E-state index contributed by atoms with van der Waals surface area (Å²) < 4.78 is 0. The fourth-order valence-electron chi connectivity index (χ4n) is 2.81. The van der Waals surface area contributed by atoms with Crippen molar-refractivity contribution in [1.82, 2.24) is 0 Å². The Balaban J connectivity index is 1.93. The van der Waals surface area contributed by atoms with E-state index in [1.54, 1.807) is 0 Å². The third-order valence-corrected chi connectivity index (χ3v) is 3.68. The second kappa shape index (κ2) is 3.64. The van der Waals surface area contributed by atoms with Crippen LogP contribution >= 0.6 is 0 Å². The van der Waals surface area contributed by atoms with Gasteiger partial charge in [0.1, 0.15) is 0 Å². The summed E-state index contributed by atoms with van der Waals surface area (Å²) in [5.41, 5.74) is 0.737. The van der Waals surface area contributed by atoms with Crippen LogP contribution in [0, 0.1) is 5.41 Å². The molecule has 0 bridgehead atoms.